The van der Waals surface area contributed by atoms with Gasteiger partial charge in [-0.2, -0.15) is 0 Å². The first-order valence-corrected chi connectivity index (χ1v) is 6.81. The van der Waals surface area contributed by atoms with E-state index in [1.807, 2.05) is 0 Å². The van der Waals surface area contributed by atoms with Crippen LogP contribution in [0.15, 0.2) is 42.5 Å². The van der Waals surface area contributed by atoms with Gasteiger partial charge in [0.05, 0.1) is 11.6 Å². The molecule has 2 rings (SSSR count). The molecule has 2 aromatic rings. The predicted molar refractivity (Wildman–Crippen MR) is 76.9 cm³/mol. The van der Waals surface area contributed by atoms with Crippen LogP contribution < -0.4 is 4.74 Å². The van der Waals surface area contributed by atoms with E-state index in [0.29, 0.717) is 12.0 Å². The van der Waals surface area contributed by atoms with Crippen molar-refractivity contribution < 1.29 is 18.3 Å². The molecule has 2 nitrogen and oxygen atoms in total. The number of rotatable bonds is 6. The monoisotopic (exact) mass is 310 g/mol. The minimum Gasteiger partial charge on any atom is -0.490 e. The number of ketones is 1. The van der Waals surface area contributed by atoms with Gasteiger partial charge in [0, 0.05) is 12.0 Å². The fourth-order valence-electron chi connectivity index (χ4n) is 1.79. The quantitative estimate of drug-likeness (QED) is 0.573. The molecule has 0 aliphatic rings. The first kappa shape index (κ1) is 15.4. The normalized spacial score (nSPS) is 10.4. The van der Waals surface area contributed by atoms with E-state index in [2.05, 4.69) is 0 Å². The molecule has 0 aliphatic heterocycles. The number of Topliss-reactive ketones (excluding diaryl/α,β-unsaturated/α-hetero) is 1. The highest BCUT2D eigenvalue weighted by molar-refractivity contribution is 6.30. The van der Waals surface area contributed by atoms with Gasteiger partial charge in [0.15, 0.2) is 17.3 Å². The summed E-state index contributed by atoms with van der Waals surface area (Å²) in [7, 11) is 0. The largest absolute Gasteiger partial charge is 0.490 e. The van der Waals surface area contributed by atoms with Crippen molar-refractivity contribution >= 4 is 17.4 Å². The van der Waals surface area contributed by atoms with Gasteiger partial charge >= 0.3 is 0 Å². The van der Waals surface area contributed by atoms with Crippen LogP contribution in [0.3, 0.4) is 0 Å². The average molecular weight is 311 g/mol. The van der Waals surface area contributed by atoms with E-state index in [1.54, 1.807) is 6.07 Å². The third-order valence-electron chi connectivity index (χ3n) is 2.89. The van der Waals surface area contributed by atoms with E-state index >= 15 is 0 Å². The second-order valence-electron chi connectivity index (χ2n) is 4.43. The molecule has 2 aromatic carbocycles. The first-order valence-electron chi connectivity index (χ1n) is 6.43. The lowest BCUT2D eigenvalue weighted by atomic mass is 10.1. The highest BCUT2D eigenvalue weighted by Crippen LogP contribution is 2.24. The maximum atomic E-state index is 13.5. The van der Waals surface area contributed by atoms with Gasteiger partial charge in [-0.05, 0) is 42.8 Å². The standard InChI is InChI=1S/C16H13ClF2O2/c17-13-3-1-5-15(16(13)19)21-10-2-4-14(20)11-6-8-12(18)9-7-11/h1,3,5-9H,2,4,10H2. The van der Waals surface area contributed by atoms with Crippen LogP contribution in [-0.4, -0.2) is 12.4 Å². The molecule has 0 amide bonds. The molecular weight excluding hydrogens is 298 g/mol. The Labute approximate surface area is 126 Å². The van der Waals surface area contributed by atoms with Crippen molar-refractivity contribution in [3.63, 3.8) is 0 Å². The van der Waals surface area contributed by atoms with Gasteiger partial charge < -0.3 is 4.74 Å². The molecule has 0 saturated carbocycles. The molecule has 0 atom stereocenters. The molecule has 0 aliphatic carbocycles. The molecule has 0 N–H and O–H groups in total. The van der Waals surface area contributed by atoms with Gasteiger partial charge in [-0.3, -0.25) is 4.79 Å². The lowest BCUT2D eigenvalue weighted by Crippen LogP contribution is -2.04. The van der Waals surface area contributed by atoms with E-state index in [4.69, 9.17) is 16.3 Å². The van der Waals surface area contributed by atoms with E-state index in [-0.39, 0.29) is 35.4 Å². The highest BCUT2D eigenvalue weighted by Gasteiger charge is 2.09. The molecule has 5 heteroatoms. The molecule has 0 radical (unpaired) electrons. The van der Waals surface area contributed by atoms with Crippen LogP contribution in [0, 0.1) is 11.6 Å². The number of carbonyl (C=O) groups excluding carboxylic acids is 1. The molecule has 0 heterocycles. The van der Waals surface area contributed by atoms with Gasteiger partial charge in [0.2, 0.25) is 0 Å². The van der Waals surface area contributed by atoms with Crippen LogP contribution in [0.2, 0.25) is 5.02 Å². The van der Waals surface area contributed by atoms with Crippen molar-refractivity contribution in [2.24, 2.45) is 0 Å². The van der Waals surface area contributed by atoms with Gasteiger partial charge in [0.1, 0.15) is 5.82 Å². The fraction of sp³-hybridized carbons (Fsp3) is 0.188. The number of hydrogen-bond donors (Lipinski definition) is 0. The number of ether oxygens (including phenoxy) is 1. The Morgan fingerprint density at radius 1 is 1.10 bits per heavy atom. The molecule has 110 valence electrons. The zero-order valence-electron chi connectivity index (χ0n) is 11.1. The van der Waals surface area contributed by atoms with E-state index in [1.165, 1.54) is 36.4 Å². The summed E-state index contributed by atoms with van der Waals surface area (Å²) in [4.78, 5) is 11.8. The lowest BCUT2D eigenvalue weighted by Gasteiger charge is -2.07. The summed E-state index contributed by atoms with van der Waals surface area (Å²) in [6.07, 6.45) is 0.677. The second kappa shape index (κ2) is 7.18. The molecule has 0 saturated heterocycles. The van der Waals surface area contributed by atoms with Gasteiger partial charge in [0.25, 0.3) is 0 Å². The molecular formula is C16H13ClF2O2. The average Bonchev–Trinajstić information content (AvgIpc) is 2.48. The summed E-state index contributed by atoms with van der Waals surface area (Å²) in [5.74, 6) is -1.03. The van der Waals surface area contributed by atoms with Crippen LogP contribution in [0.4, 0.5) is 8.78 Å². The topological polar surface area (TPSA) is 26.3 Å². The minimum atomic E-state index is -0.607. The predicted octanol–water partition coefficient (Wildman–Crippen LogP) is 4.66. The maximum Gasteiger partial charge on any atom is 0.183 e. The number of hydrogen-bond acceptors (Lipinski definition) is 2. The molecule has 0 spiro atoms. The Bertz CT molecular complexity index is 627. The van der Waals surface area contributed by atoms with Gasteiger partial charge in [-0.1, -0.05) is 17.7 Å². The number of halogens is 3. The zero-order chi connectivity index (χ0) is 15.2. The smallest absolute Gasteiger partial charge is 0.183 e. The van der Waals surface area contributed by atoms with E-state index < -0.39 is 5.82 Å². The minimum absolute atomic E-state index is 0.00473. The molecule has 0 bridgehead atoms. The van der Waals surface area contributed by atoms with Crippen molar-refractivity contribution in [3.05, 3.63) is 64.7 Å². The van der Waals surface area contributed by atoms with Gasteiger partial charge in [-0.25, -0.2) is 8.78 Å². The van der Waals surface area contributed by atoms with Crippen LogP contribution in [0.1, 0.15) is 23.2 Å². The van der Waals surface area contributed by atoms with Crippen molar-refractivity contribution in [1.82, 2.24) is 0 Å². The molecule has 21 heavy (non-hydrogen) atoms. The van der Waals surface area contributed by atoms with Crippen molar-refractivity contribution in [1.29, 1.82) is 0 Å². The van der Waals surface area contributed by atoms with Crippen LogP contribution in [-0.2, 0) is 0 Å². The van der Waals surface area contributed by atoms with Crippen molar-refractivity contribution in [2.75, 3.05) is 6.61 Å². The Morgan fingerprint density at radius 2 is 1.81 bits per heavy atom. The van der Waals surface area contributed by atoms with Crippen LogP contribution in [0.5, 0.6) is 5.75 Å². The SMILES string of the molecule is O=C(CCCOc1cccc(Cl)c1F)c1ccc(F)cc1. The Balaban J connectivity index is 1.80. The first-order chi connectivity index (χ1) is 10.1. The van der Waals surface area contributed by atoms with E-state index in [0.717, 1.165) is 0 Å². The highest BCUT2D eigenvalue weighted by atomic mass is 35.5. The number of benzene rings is 2. The lowest BCUT2D eigenvalue weighted by molar-refractivity contribution is 0.0973. The molecule has 0 fully saturated rings. The zero-order valence-corrected chi connectivity index (χ0v) is 11.9. The molecule has 0 aromatic heterocycles. The summed E-state index contributed by atoms with van der Waals surface area (Å²) in [5, 5.41) is -0.00473. The van der Waals surface area contributed by atoms with Crippen LogP contribution >= 0.6 is 11.6 Å². The Kier molecular flexibility index (Phi) is 5.28. The van der Waals surface area contributed by atoms with E-state index in [9.17, 15) is 13.6 Å². The Hall–Kier alpha value is -1.94. The van der Waals surface area contributed by atoms with Gasteiger partial charge in [-0.15, -0.1) is 0 Å². The summed E-state index contributed by atoms with van der Waals surface area (Å²) >= 11 is 5.63. The summed E-state index contributed by atoms with van der Waals surface area (Å²) in [5.41, 5.74) is 0.449. The number of carbonyl (C=O) groups is 1. The Morgan fingerprint density at radius 3 is 2.52 bits per heavy atom. The third-order valence-corrected chi connectivity index (χ3v) is 3.18. The summed E-state index contributed by atoms with van der Waals surface area (Å²) < 4.78 is 31.5. The van der Waals surface area contributed by atoms with Crippen molar-refractivity contribution in [2.45, 2.75) is 12.8 Å². The van der Waals surface area contributed by atoms with Crippen molar-refractivity contribution in [3.8, 4) is 5.75 Å². The molecule has 0 unspecified atom stereocenters. The fourth-order valence-corrected chi connectivity index (χ4v) is 1.96. The maximum absolute atomic E-state index is 13.5. The van der Waals surface area contributed by atoms with Crippen LogP contribution in [0.25, 0.3) is 0 Å². The third kappa shape index (κ3) is 4.26. The summed E-state index contributed by atoms with van der Waals surface area (Å²) in [6.45, 7) is 0.199. The summed E-state index contributed by atoms with van der Waals surface area (Å²) in [6, 6.07) is 9.86. The second-order valence-corrected chi connectivity index (χ2v) is 4.84.